The molecule has 0 aromatic carbocycles. The third-order valence-electron chi connectivity index (χ3n) is 2.17. The Bertz CT molecular complexity index is 78.9. The van der Waals surface area contributed by atoms with Crippen LogP contribution in [0.15, 0.2) is 0 Å². The molecule has 0 rings (SSSR count). The maximum absolute atomic E-state index is 2.30. The Morgan fingerprint density at radius 3 is 2.18 bits per heavy atom. The number of unbranched alkanes of at least 4 members (excludes halogenated alkanes) is 1. The van der Waals surface area contributed by atoms with Gasteiger partial charge in [0.05, 0.1) is 0 Å². The number of nitrogens with zero attached hydrogens (tertiary/aromatic N) is 1. The van der Waals surface area contributed by atoms with Crippen molar-refractivity contribution in [3.05, 3.63) is 0 Å². The monoisotopic (exact) mass is 157 g/mol. The van der Waals surface area contributed by atoms with Crippen LogP contribution < -0.4 is 0 Å². The van der Waals surface area contributed by atoms with Crippen molar-refractivity contribution in [1.29, 1.82) is 0 Å². The molecular formula is C10H23N. The molecule has 0 unspecified atom stereocenters. The minimum Gasteiger partial charge on any atom is -0.309 e. The molecule has 0 aliphatic carbocycles. The van der Waals surface area contributed by atoms with Crippen molar-refractivity contribution >= 4 is 0 Å². The lowest BCUT2D eigenvalue weighted by molar-refractivity contribution is 0.301. The van der Waals surface area contributed by atoms with E-state index in [1.165, 1.54) is 32.2 Å². The zero-order valence-corrected chi connectivity index (χ0v) is 8.56. The summed E-state index contributed by atoms with van der Waals surface area (Å²) in [5, 5.41) is 0. The first-order chi connectivity index (χ1) is 5.20. The van der Waals surface area contributed by atoms with E-state index in [1.807, 2.05) is 0 Å². The zero-order valence-electron chi connectivity index (χ0n) is 8.56. The second-order valence-corrected chi connectivity index (χ2v) is 3.68. The predicted molar refractivity (Wildman–Crippen MR) is 51.9 cm³/mol. The fourth-order valence-electron chi connectivity index (χ4n) is 1.43. The molecule has 0 N–H and O–H groups in total. The Morgan fingerprint density at radius 1 is 1.18 bits per heavy atom. The second-order valence-electron chi connectivity index (χ2n) is 3.68. The van der Waals surface area contributed by atoms with Gasteiger partial charge in [0.25, 0.3) is 0 Å². The van der Waals surface area contributed by atoms with Gasteiger partial charge in [-0.05, 0) is 26.4 Å². The van der Waals surface area contributed by atoms with Crippen LogP contribution in [0.4, 0.5) is 0 Å². The Hall–Kier alpha value is -0.0400. The lowest BCUT2D eigenvalue weighted by Crippen LogP contribution is -2.21. The quantitative estimate of drug-likeness (QED) is 0.573. The molecule has 0 aromatic rings. The summed E-state index contributed by atoms with van der Waals surface area (Å²) in [6, 6.07) is 0. The highest BCUT2D eigenvalue weighted by molar-refractivity contribution is 4.59. The molecule has 0 saturated carbocycles. The maximum atomic E-state index is 2.30. The van der Waals surface area contributed by atoms with E-state index in [1.54, 1.807) is 0 Å². The van der Waals surface area contributed by atoms with E-state index >= 15 is 0 Å². The maximum Gasteiger partial charge on any atom is 0.000346 e. The summed E-state index contributed by atoms with van der Waals surface area (Å²) in [5.74, 6) is 0.921. The fourth-order valence-corrected chi connectivity index (χ4v) is 1.43. The predicted octanol–water partition coefficient (Wildman–Crippen LogP) is 2.76. The van der Waals surface area contributed by atoms with Crippen molar-refractivity contribution < 1.29 is 0 Å². The van der Waals surface area contributed by atoms with Crippen LogP contribution in [-0.2, 0) is 0 Å². The topological polar surface area (TPSA) is 3.24 Å². The highest BCUT2D eigenvalue weighted by atomic mass is 15.1. The van der Waals surface area contributed by atoms with Gasteiger partial charge < -0.3 is 4.90 Å². The van der Waals surface area contributed by atoms with Gasteiger partial charge >= 0.3 is 0 Å². The summed E-state index contributed by atoms with van der Waals surface area (Å²) in [4.78, 5) is 2.30. The van der Waals surface area contributed by atoms with Gasteiger partial charge in [-0.2, -0.15) is 0 Å². The molecule has 1 nitrogen and oxygen atoms in total. The average molecular weight is 157 g/mol. The molecule has 0 aliphatic rings. The van der Waals surface area contributed by atoms with E-state index in [0.717, 1.165) is 5.92 Å². The van der Waals surface area contributed by atoms with Crippen LogP contribution in [0.2, 0.25) is 0 Å². The second kappa shape index (κ2) is 6.66. The van der Waals surface area contributed by atoms with E-state index in [-0.39, 0.29) is 0 Å². The van der Waals surface area contributed by atoms with Crippen LogP contribution in [0.3, 0.4) is 0 Å². The zero-order chi connectivity index (χ0) is 8.69. The molecule has 0 spiro atoms. The minimum atomic E-state index is 0.921. The van der Waals surface area contributed by atoms with Crippen LogP contribution in [-0.4, -0.2) is 25.5 Å². The van der Waals surface area contributed by atoms with E-state index < -0.39 is 0 Å². The molecule has 0 fully saturated rings. The molecule has 0 radical (unpaired) electrons. The van der Waals surface area contributed by atoms with Gasteiger partial charge in [-0.3, -0.25) is 0 Å². The van der Waals surface area contributed by atoms with Gasteiger partial charge in [0, 0.05) is 6.54 Å². The van der Waals surface area contributed by atoms with E-state index in [2.05, 4.69) is 32.8 Å². The van der Waals surface area contributed by atoms with Gasteiger partial charge in [-0.25, -0.2) is 0 Å². The standard InChI is InChI=1S/C10H23N/c1-5-7-8-10(6-2)9-11(3)4/h10H,5-9H2,1-4H3/t10-/m1/s1. The van der Waals surface area contributed by atoms with Crippen molar-refractivity contribution in [2.45, 2.75) is 39.5 Å². The Kier molecular flexibility index (Phi) is 6.63. The molecular weight excluding hydrogens is 134 g/mol. The fraction of sp³-hybridized carbons (Fsp3) is 1.00. The van der Waals surface area contributed by atoms with Crippen molar-refractivity contribution in [2.75, 3.05) is 20.6 Å². The van der Waals surface area contributed by atoms with Gasteiger partial charge in [0.15, 0.2) is 0 Å². The van der Waals surface area contributed by atoms with Crippen molar-refractivity contribution in [2.24, 2.45) is 5.92 Å². The Morgan fingerprint density at radius 2 is 1.82 bits per heavy atom. The molecule has 0 bridgehead atoms. The van der Waals surface area contributed by atoms with Crippen LogP contribution in [0.5, 0.6) is 0 Å². The molecule has 1 heteroatoms. The van der Waals surface area contributed by atoms with Gasteiger partial charge in [-0.1, -0.05) is 33.1 Å². The lowest BCUT2D eigenvalue weighted by atomic mass is 9.99. The van der Waals surface area contributed by atoms with Crippen molar-refractivity contribution in [3.8, 4) is 0 Å². The number of hydrogen-bond donors (Lipinski definition) is 0. The van der Waals surface area contributed by atoms with E-state index in [9.17, 15) is 0 Å². The van der Waals surface area contributed by atoms with Crippen LogP contribution in [0.1, 0.15) is 39.5 Å². The van der Waals surface area contributed by atoms with Crippen LogP contribution >= 0.6 is 0 Å². The summed E-state index contributed by atoms with van der Waals surface area (Å²) in [6.07, 6.45) is 5.47. The third-order valence-corrected chi connectivity index (χ3v) is 2.17. The number of hydrogen-bond acceptors (Lipinski definition) is 1. The molecule has 0 aromatic heterocycles. The average Bonchev–Trinajstić information content (AvgIpc) is 1.97. The molecule has 0 aliphatic heterocycles. The molecule has 11 heavy (non-hydrogen) atoms. The summed E-state index contributed by atoms with van der Waals surface area (Å²) < 4.78 is 0. The summed E-state index contributed by atoms with van der Waals surface area (Å²) in [5.41, 5.74) is 0. The largest absolute Gasteiger partial charge is 0.309 e. The first-order valence-corrected chi connectivity index (χ1v) is 4.85. The van der Waals surface area contributed by atoms with E-state index in [4.69, 9.17) is 0 Å². The van der Waals surface area contributed by atoms with Gasteiger partial charge in [0.1, 0.15) is 0 Å². The van der Waals surface area contributed by atoms with Gasteiger partial charge in [0.2, 0.25) is 0 Å². The Balaban J connectivity index is 3.41. The first kappa shape index (κ1) is 11.0. The lowest BCUT2D eigenvalue weighted by Gasteiger charge is -2.18. The molecule has 68 valence electrons. The smallest absolute Gasteiger partial charge is 0.000346 e. The highest BCUT2D eigenvalue weighted by Gasteiger charge is 2.05. The third kappa shape index (κ3) is 6.36. The molecule has 0 heterocycles. The molecule has 0 amide bonds. The first-order valence-electron chi connectivity index (χ1n) is 4.85. The van der Waals surface area contributed by atoms with Crippen LogP contribution in [0, 0.1) is 5.92 Å². The minimum absolute atomic E-state index is 0.921. The summed E-state index contributed by atoms with van der Waals surface area (Å²) in [7, 11) is 4.32. The molecule has 0 saturated heterocycles. The van der Waals surface area contributed by atoms with Crippen molar-refractivity contribution in [3.63, 3.8) is 0 Å². The van der Waals surface area contributed by atoms with Crippen LogP contribution in [0.25, 0.3) is 0 Å². The SMILES string of the molecule is CCCC[C@@H](CC)CN(C)C. The van der Waals surface area contributed by atoms with Gasteiger partial charge in [-0.15, -0.1) is 0 Å². The number of rotatable bonds is 6. The summed E-state index contributed by atoms with van der Waals surface area (Å²) >= 11 is 0. The highest BCUT2D eigenvalue weighted by Crippen LogP contribution is 2.12. The Labute approximate surface area is 71.8 Å². The normalized spacial score (nSPS) is 13.9. The summed E-state index contributed by atoms with van der Waals surface area (Å²) in [6.45, 7) is 5.82. The molecule has 1 atom stereocenters. The van der Waals surface area contributed by atoms with E-state index in [0.29, 0.717) is 0 Å². The van der Waals surface area contributed by atoms with Crippen molar-refractivity contribution in [1.82, 2.24) is 4.90 Å².